The number of pyridine rings is 1. The van der Waals surface area contributed by atoms with Crippen LogP contribution in [0.5, 0.6) is 0 Å². The van der Waals surface area contributed by atoms with E-state index >= 15 is 0 Å². The average Bonchev–Trinajstić information content (AvgIpc) is 2.94. The van der Waals surface area contributed by atoms with Gasteiger partial charge in [0, 0.05) is 38.9 Å². The Morgan fingerprint density at radius 2 is 2.33 bits per heavy atom. The monoisotopic (exact) mass is 292 g/mol. The van der Waals surface area contributed by atoms with Crippen molar-refractivity contribution in [2.45, 2.75) is 18.9 Å². The average molecular weight is 292 g/mol. The van der Waals surface area contributed by atoms with Crippen LogP contribution in [0, 0.1) is 0 Å². The zero-order valence-corrected chi connectivity index (χ0v) is 12.0. The van der Waals surface area contributed by atoms with Crippen LogP contribution in [0.3, 0.4) is 0 Å². The molecule has 0 aliphatic carbocycles. The predicted octanol–water partition coefficient (Wildman–Crippen LogP) is 0.776. The number of carboxylic acids is 1. The first-order valence-electron chi connectivity index (χ1n) is 6.95. The first-order chi connectivity index (χ1) is 10.1. The number of aliphatic carboxylic acids is 1. The highest BCUT2D eigenvalue weighted by atomic mass is 16.4. The predicted molar refractivity (Wildman–Crippen MR) is 78.3 cm³/mol. The second-order valence-electron chi connectivity index (χ2n) is 5.13. The van der Waals surface area contributed by atoms with Gasteiger partial charge in [0.15, 0.2) is 0 Å². The van der Waals surface area contributed by atoms with Gasteiger partial charge in [-0.1, -0.05) is 6.07 Å². The third-order valence-electron chi connectivity index (χ3n) is 3.50. The molecule has 114 valence electrons. The van der Waals surface area contributed by atoms with Crippen LogP contribution in [-0.4, -0.2) is 59.7 Å². The lowest BCUT2D eigenvalue weighted by atomic mass is 10.3. The topological polar surface area (TPSA) is 85.8 Å². The second-order valence-corrected chi connectivity index (χ2v) is 5.13. The van der Waals surface area contributed by atoms with E-state index in [1.54, 1.807) is 13.2 Å². The van der Waals surface area contributed by atoms with Crippen molar-refractivity contribution in [3.8, 4) is 0 Å². The van der Waals surface area contributed by atoms with Gasteiger partial charge in [0.05, 0.1) is 6.42 Å². The number of amides is 2. The molecule has 1 aromatic heterocycles. The van der Waals surface area contributed by atoms with Crippen LogP contribution in [-0.2, 0) is 4.79 Å². The minimum Gasteiger partial charge on any atom is -0.481 e. The van der Waals surface area contributed by atoms with Crippen molar-refractivity contribution in [1.82, 2.24) is 15.2 Å². The lowest BCUT2D eigenvalue weighted by Gasteiger charge is -2.21. The number of rotatable bonds is 5. The van der Waals surface area contributed by atoms with Gasteiger partial charge in [-0.25, -0.2) is 9.78 Å². The first kappa shape index (κ1) is 15.1. The molecular formula is C14H20N4O3. The fourth-order valence-corrected chi connectivity index (χ4v) is 2.28. The molecule has 1 fully saturated rings. The van der Waals surface area contributed by atoms with Crippen molar-refractivity contribution in [2.24, 2.45) is 0 Å². The van der Waals surface area contributed by atoms with Crippen molar-refractivity contribution in [3.63, 3.8) is 0 Å². The van der Waals surface area contributed by atoms with Crippen LogP contribution in [0.25, 0.3) is 0 Å². The maximum absolute atomic E-state index is 11.9. The molecule has 2 heterocycles. The van der Waals surface area contributed by atoms with Crippen molar-refractivity contribution >= 4 is 17.8 Å². The Morgan fingerprint density at radius 1 is 1.52 bits per heavy atom. The molecule has 1 unspecified atom stereocenters. The van der Waals surface area contributed by atoms with E-state index in [9.17, 15) is 9.59 Å². The molecule has 0 radical (unpaired) electrons. The SMILES string of the molecule is CN(CCC(=O)O)C(=O)NC1CCN(c2ccccn2)C1. The van der Waals surface area contributed by atoms with E-state index in [1.165, 1.54) is 4.90 Å². The van der Waals surface area contributed by atoms with Gasteiger partial charge in [0.25, 0.3) is 0 Å². The molecule has 1 aliphatic rings. The molecule has 7 heteroatoms. The van der Waals surface area contributed by atoms with Gasteiger partial charge in [-0.2, -0.15) is 0 Å². The Kier molecular flexibility index (Phi) is 4.97. The summed E-state index contributed by atoms with van der Waals surface area (Å²) in [6.07, 6.45) is 2.56. The highest BCUT2D eigenvalue weighted by Crippen LogP contribution is 2.17. The van der Waals surface area contributed by atoms with Crippen LogP contribution in [0.15, 0.2) is 24.4 Å². The number of nitrogens with zero attached hydrogens (tertiary/aromatic N) is 3. The summed E-state index contributed by atoms with van der Waals surface area (Å²) in [6, 6.07) is 5.59. The Balaban J connectivity index is 1.79. The smallest absolute Gasteiger partial charge is 0.317 e. The van der Waals surface area contributed by atoms with Crippen LogP contribution in [0.2, 0.25) is 0 Å². The number of hydrogen-bond acceptors (Lipinski definition) is 4. The molecule has 1 atom stereocenters. The summed E-state index contributed by atoms with van der Waals surface area (Å²) in [6.45, 7) is 1.77. The molecule has 21 heavy (non-hydrogen) atoms. The van der Waals surface area contributed by atoms with Crippen LogP contribution >= 0.6 is 0 Å². The van der Waals surface area contributed by atoms with E-state index < -0.39 is 5.97 Å². The number of nitrogens with one attached hydrogen (secondary N) is 1. The van der Waals surface area contributed by atoms with Gasteiger partial charge in [-0.3, -0.25) is 4.79 Å². The highest BCUT2D eigenvalue weighted by molar-refractivity contribution is 5.75. The fraction of sp³-hybridized carbons (Fsp3) is 0.500. The molecule has 2 N–H and O–H groups in total. The quantitative estimate of drug-likeness (QED) is 0.837. The lowest BCUT2D eigenvalue weighted by molar-refractivity contribution is -0.137. The molecule has 2 amide bonds. The summed E-state index contributed by atoms with van der Waals surface area (Å²) in [5.74, 6) is 0.00493. The summed E-state index contributed by atoms with van der Waals surface area (Å²) < 4.78 is 0. The van der Waals surface area contributed by atoms with E-state index in [1.807, 2.05) is 18.2 Å². The standard InChI is InChI=1S/C14H20N4O3/c1-17(8-6-13(19)20)14(21)16-11-5-9-18(10-11)12-4-2-3-7-15-12/h2-4,7,11H,5-6,8-10H2,1H3,(H,16,21)(H,19,20). The molecule has 0 spiro atoms. The van der Waals surface area contributed by atoms with Crippen molar-refractivity contribution in [2.75, 3.05) is 31.6 Å². The Labute approximate surface area is 123 Å². The first-order valence-corrected chi connectivity index (χ1v) is 6.95. The molecule has 1 aromatic rings. The summed E-state index contributed by atoms with van der Waals surface area (Å²) in [5, 5.41) is 11.5. The fourth-order valence-electron chi connectivity index (χ4n) is 2.28. The maximum atomic E-state index is 11.9. The molecule has 1 saturated heterocycles. The van der Waals surface area contributed by atoms with Crippen LogP contribution in [0.4, 0.5) is 10.6 Å². The molecule has 0 saturated carbocycles. The zero-order chi connectivity index (χ0) is 15.2. The normalized spacial score (nSPS) is 17.6. The number of urea groups is 1. The van der Waals surface area contributed by atoms with E-state index in [-0.39, 0.29) is 25.0 Å². The number of carbonyl (C=O) groups is 2. The number of aromatic nitrogens is 1. The Morgan fingerprint density at radius 3 is 3.00 bits per heavy atom. The molecule has 7 nitrogen and oxygen atoms in total. The van der Waals surface area contributed by atoms with Gasteiger partial charge in [-0.15, -0.1) is 0 Å². The zero-order valence-electron chi connectivity index (χ0n) is 12.0. The largest absolute Gasteiger partial charge is 0.481 e. The Bertz CT molecular complexity index is 494. The third kappa shape index (κ3) is 4.34. The minimum absolute atomic E-state index is 0.0470. The van der Waals surface area contributed by atoms with Gasteiger partial charge in [0.1, 0.15) is 5.82 Å². The van der Waals surface area contributed by atoms with Crippen LogP contribution in [0.1, 0.15) is 12.8 Å². The van der Waals surface area contributed by atoms with Gasteiger partial charge in [0.2, 0.25) is 0 Å². The van der Waals surface area contributed by atoms with Crippen LogP contribution < -0.4 is 10.2 Å². The highest BCUT2D eigenvalue weighted by Gasteiger charge is 2.25. The summed E-state index contributed by atoms with van der Waals surface area (Å²) in [5.41, 5.74) is 0. The van der Waals surface area contributed by atoms with E-state index in [4.69, 9.17) is 5.11 Å². The van der Waals surface area contributed by atoms with Gasteiger partial charge >= 0.3 is 12.0 Å². The Hall–Kier alpha value is -2.31. The molecule has 2 rings (SSSR count). The summed E-state index contributed by atoms with van der Waals surface area (Å²) >= 11 is 0. The maximum Gasteiger partial charge on any atom is 0.317 e. The number of carboxylic acid groups (broad SMARTS) is 1. The molecule has 1 aliphatic heterocycles. The van der Waals surface area contributed by atoms with E-state index in [0.717, 1.165) is 25.3 Å². The van der Waals surface area contributed by atoms with Crippen molar-refractivity contribution in [3.05, 3.63) is 24.4 Å². The number of anilines is 1. The molecule has 0 aromatic carbocycles. The van der Waals surface area contributed by atoms with Gasteiger partial charge in [-0.05, 0) is 18.6 Å². The van der Waals surface area contributed by atoms with Gasteiger partial charge < -0.3 is 20.2 Å². The summed E-state index contributed by atoms with van der Waals surface area (Å²) in [7, 11) is 1.60. The second kappa shape index (κ2) is 6.92. The third-order valence-corrected chi connectivity index (χ3v) is 3.50. The van der Waals surface area contributed by atoms with E-state index in [0.29, 0.717) is 0 Å². The number of hydrogen-bond donors (Lipinski definition) is 2. The minimum atomic E-state index is -0.906. The lowest BCUT2D eigenvalue weighted by Crippen LogP contribution is -2.44. The summed E-state index contributed by atoms with van der Waals surface area (Å²) in [4.78, 5) is 30.3. The van der Waals surface area contributed by atoms with E-state index in [2.05, 4.69) is 15.2 Å². The number of carbonyl (C=O) groups excluding carboxylic acids is 1. The molecule has 0 bridgehead atoms. The molecular weight excluding hydrogens is 272 g/mol. The van der Waals surface area contributed by atoms with Crippen molar-refractivity contribution < 1.29 is 14.7 Å². The van der Waals surface area contributed by atoms with Crippen molar-refractivity contribution in [1.29, 1.82) is 0 Å².